The highest BCUT2D eigenvalue weighted by atomic mass is 19.1. The van der Waals surface area contributed by atoms with Crippen molar-refractivity contribution >= 4 is 5.91 Å². The Kier molecular flexibility index (Phi) is 5.19. The molecule has 1 amide bonds. The monoisotopic (exact) mass is 379 g/mol. The Bertz CT molecular complexity index is 968. The highest BCUT2D eigenvalue weighted by Gasteiger charge is 2.28. The SMILES string of the molecule is Cc1ccc(C(=O)N2CCCC(c3ncc(Cc4ccccc4F)o3)C2)cn1. The molecule has 4 rings (SSSR count). The van der Waals surface area contributed by atoms with Gasteiger partial charge in [0.05, 0.1) is 17.7 Å². The van der Waals surface area contributed by atoms with E-state index in [1.54, 1.807) is 30.6 Å². The third kappa shape index (κ3) is 3.96. The van der Waals surface area contributed by atoms with Gasteiger partial charge in [0.25, 0.3) is 5.91 Å². The Labute approximate surface area is 163 Å². The van der Waals surface area contributed by atoms with Gasteiger partial charge < -0.3 is 9.32 Å². The highest BCUT2D eigenvalue weighted by Crippen LogP contribution is 2.28. The Balaban J connectivity index is 1.45. The number of aryl methyl sites for hydroxylation is 1. The van der Waals surface area contributed by atoms with Crippen LogP contribution >= 0.6 is 0 Å². The molecule has 3 heterocycles. The predicted molar refractivity (Wildman–Crippen MR) is 103 cm³/mol. The molecule has 1 atom stereocenters. The van der Waals surface area contributed by atoms with Crippen LogP contribution in [-0.4, -0.2) is 33.9 Å². The molecule has 1 aromatic carbocycles. The van der Waals surface area contributed by atoms with Crippen LogP contribution in [0.5, 0.6) is 0 Å². The minimum Gasteiger partial charge on any atom is -0.445 e. The first-order chi connectivity index (χ1) is 13.6. The van der Waals surface area contributed by atoms with Crippen LogP contribution in [0.25, 0.3) is 0 Å². The number of amides is 1. The van der Waals surface area contributed by atoms with Crippen molar-refractivity contribution < 1.29 is 13.6 Å². The zero-order valence-corrected chi connectivity index (χ0v) is 15.8. The number of benzene rings is 1. The summed E-state index contributed by atoms with van der Waals surface area (Å²) in [5.41, 5.74) is 2.06. The molecule has 28 heavy (non-hydrogen) atoms. The van der Waals surface area contributed by atoms with Gasteiger partial charge in [0.2, 0.25) is 0 Å². The number of carbonyl (C=O) groups is 1. The van der Waals surface area contributed by atoms with Gasteiger partial charge in [0.15, 0.2) is 5.89 Å². The summed E-state index contributed by atoms with van der Waals surface area (Å²) >= 11 is 0. The van der Waals surface area contributed by atoms with Crippen LogP contribution in [0.4, 0.5) is 4.39 Å². The molecular formula is C22H22FN3O2. The lowest BCUT2D eigenvalue weighted by molar-refractivity contribution is 0.0697. The molecule has 0 bridgehead atoms. The van der Waals surface area contributed by atoms with Crippen molar-refractivity contribution in [3.63, 3.8) is 0 Å². The lowest BCUT2D eigenvalue weighted by atomic mass is 9.97. The second-order valence-electron chi connectivity index (χ2n) is 7.21. The van der Waals surface area contributed by atoms with Crippen LogP contribution in [0.2, 0.25) is 0 Å². The van der Waals surface area contributed by atoms with Gasteiger partial charge in [-0.1, -0.05) is 18.2 Å². The summed E-state index contributed by atoms with van der Waals surface area (Å²) in [6.07, 6.45) is 5.45. The minimum atomic E-state index is -0.249. The summed E-state index contributed by atoms with van der Waals surface area (Å²) in [5.74, 6) is 1.03. The molecule has 1 aliphatic heterocycles. The van der Waals surface area contributed by atoms with E-state index in [1.165, 1.54) is 6.07 Å². The van der Waals surface area contributed by atoms with E-state index >= 15 is 0 Å². The first-order valence-corrected chi connectivity index (χ1v) is 9.50. The van der Waals surface area contributed by atoms with E-state index < -0.39 is 0 Å². The molecule has 1 unspecified atom stereocenters. The van der Waals surface area contributed by atoms with Crippen LogP contribution in [0.15, 0.2) is 53.2 Å². The Morgan fingerprint density at radius 1 is 1.21 bits per heavy atom. The average molecular weight is 379 g/mol. The number of halogens is 1. The van der Waals surface area contributed by atoms with E-state index in [9.17, 15) is 9.18 Å². The van der Waals surface area contributed by atoms with E-state index in [1.807, 2.05) is 24.0 Å². The van der Waals surface area contributed by atoms with Crippen molar-refractivity contribution in [3.8, 4) is 0 Å². The fraction of sp³-hybridized carbons (Fsp3) is 0.318. The summed E-state index contributed by atoms with van der Waals surface area (Å²) in [4.78, 5) is 23.2. The van der Waals surface area contributed by atoms with Crippen LogP contribution in [0.1, 0.15) is 52.0 Å². The quantitative estimate of drug-likeness (QED) is 0.684. The molecular weight excluding hydrogens is 357 g/mol. The molecule has 2 aromatic heterocycles. The van der Waals surface area contributed by atoms with Gasteiger partial charge in [-0.2, -0.15) is 0 Å². The number of nitrogens with zero attached hydrogens (tertiary/aromatic N) is 3. The fourth-order valence-electron chi connectivity index (χ4n) is 3.56. The molecule has 1 fully saturated rings. The number of rotatable bonds is 4. The Morgan fingerprint density at radius 3 is 2.86 bits per heavy atom. The number of piperidine rings is 1. The predicted octanol–water partition coefficient (Wildman–Crippen LogP) is 4.13. The molecule has 0 aliphatic carbocycles. The van der Waals surface area contributed by atoms with Crippen molar-refractivity contribution in [2.75, 3.05) is 13.1 Å². The van der Waals surface area contributed by atoms with Gasteiger partial charge in [-0.3, -0.25) is 9.78 Å². The minimum absolute atomic E-state index is 0.0182. The molecule has 1 aliphatic rings. The van der Waals surface area contributed by atoms with Crippen molar-refractivity contribution in [2.24, 2.45) is 0 Å². The molecule has 3 aromatic rings. The first kappa shape index (κ1) is 18.3. The Hall–Kier alpha value is -3.02. The highest BCUT2D eigenvalue weighted by molar-refractivity contribution is 5.94. The third-order valence-corrected chi connectivity index (χ3v) is 5.11. The van der Waals surface area contributed by atoms with Crippen LogP contribution in [0, 0.1) is 12.7 Å². The molecule has 6 heteroatoms. The van der Waals surface area contributed by atoms with Gasteiger partial charge in [-0.05, 0) is 43.5 Å². The number of aromatic nitrogens is 2. The number of likely N-dealkylation sites (tertiary alicyclic amines) is 1. The number of carbonyl (C=O) groups excluding carboxylic acids is 1. The van der Waals surface area contributed by atoms with Crippen molar-refractivity contribution in [1.29, 1.82) is 0 Å². The van der Waals surface area contributed by atoms with Gasteiger partial charge in [0.1, 0.15) is 11.6 Å². The standard InChI is InChI=1S/C22H22FN3O2/c1-15-8-9-17(12-24-15)22(27)26-10-4-6-18(14-26)21-25-13-19(28-21)11-16-5-2-3-7-20(16)23/h2-3,5,7-9,12-13,18H,4,6,10-11,14H2,1H3. The molecule has 0 radical (unpaired) electrons. The van der Waals surface area contributed by atoms with E-state index in [2.05, 4.69) is 9.97 Å². The lowest BCUT2D eigenvalue weighted by Gasteiger charge is -2.31. The fourth-order valence-corrected chi connectivity index (χ4v) is 3.56. The van der Waals surface area contributed by atoms with Crippen LogP contribution in [-0.2, 0) is 6.42 Å². The largest absolute Gasteiger partial charge is 0.445 e. The van der Waals surface area contributed by atoms with Crippen molar-refractivity contribution in [3.05, 3.63) is 83.1 Å². The molecule has 1 saturated heterocycles. The normalized spacial score (nSPS) is 16.9. The third-order valence-electron chi connectivity index (χ3n) is 5.11. The van der Waals surface area contributed by atoms with Crippen LogP contribution < -0.4 is 0 Å². The van der Waals surface area contributed by atoms with E-state index in [4.69, 9.17) is 4.42 Å². The van der Waals surface area contributed by atoms with Crippen LogP contribution in [0.3, 0.4) is 0 Å². The lowest BCUT2D eigenvalue weighted by Crippen LogP contribution is -2.39. The second kappa shape index (κ2) is 7.92. The molecule has 5 nitrogen and oxygen atoms in total. The van der Waals surface area contributed by atoms with Gasteiger partial charge in [-0.15, -0.1) is 0 Å². The maximum Gasteiger partial charge on any atom is 0.255 e. The number of pyridine rings is 1. The van der Waals surface area contributed by atoms with Gasteiger partial charge in [-0.25, -0.2) is 9.37 Å². The average Bonchev–Trinajstić information content (AvgIpc) is 3.19. The molecule has 0 spiro atoms. The smallest absolute Gasteiger partial charge is 0.255 e. The second-order valence-corrected chi connectivity index (χ2v) is 7.21. The van der Waals surface area contributed by atoms with Gasteiger partial charge in [0, 0.05) is 31.4 Å². The van der Waals surface area contributed by atoms with Crippen molar-refractivity contribution in [1.82, 2.24) is 14.9 Å². The summed E-state index contributed by atoms with van der Waals surface area (Å²) in [7, 11) is 0. The maximum absolute atomic E-state index is 13.9. The van der Waals surface area contributed by atoms with E-state index in [0.29, 0.717) is 42.3 Å². The molecule has 0 saturated carbocycles. The molecule has 144 valence electrons. The summed E-state index contributed by atoms with van der Waals surface area (Å²) < 4.78 is 19.8. The zero-order valence-electron chi connectivity index (χ0n) is 15.8. The molecule has 0 N–H and O–H groups in total. The Morgan fingerprint density at radius 2 is 2.07 bits per heavy atom. The number of hydrogen-bond acceptors (Lipinski definition) is 4. The van der Waals surface area contributed by atoms with E-state index in [-0.39, 0.29) is 17.6 Å². The van der Waals surface area contributed by atoms with Gasteiger partial charge >= 0.3 is 0 Å². The summed E-state index contributed by atoms with van der Waals surface area (Å²) in [6, 6.07) is 10.3. The first-order valence-electron chi connectivity index (χ1n) is 9.50. The van der Waals surface area contributed by atoms with E-state index in [0.717, 1.165) is 18.5 Å². The number of oxazole rings is 1. The zero-order chi connectivity index (χ0) is 19.5. The summed E-state index contributed by atoms with van der Waals surface area (Å²) in [6.45, 7) is 3.17. The summed E-state index contributed by atoms with van der Waals surface area (Å²) in [5, 5.41) is 0. The topological polar surface area (TPSA) is 59.2 Å². The number of hydrogen-bond donors (Lipinski definition) is 0. The maximum atomic E-state index is 13.9. The van der Waals surface area contributed by atoms with Crippen molar-refractivity contribution in [2.45, 2.75) is 32.1 Å².